The molecule has 0 aliphatic heterocycles. The number of rotatable bonds is 7. The SMILES string of the molecule is COc1cc(CCC(=O)CC(=O)c2cccc3ccccc23)ccc1O. The van der Waals surface area contributed by atoms with Gasteiger partial charge in [-0.2, -0.15) is 0 Å². The lowest BCUT2D eigenvalue weighted by atomic mass is 9.97. The summed E-state index contributed by atoms with van der Waals surface area (Å²) in [5.74, 6) is 0.181. The quantitative estimate of drug-likeness (QED) is 0.510. The Bertz CT molecular complexity index is 954. The first-order valence-electron chi connectivity index (χ1n) is 8.47. The number of carbonyl (C=O) groups excluding carboxylic acids is 2. The lowest BCUT2D eigenvalue weighted by molar-refractivity contribution is -0.118. The first kappa shape index (κ1) is 17.7. The maximum atomic E-state index is 12.6. The van der Waals surface area contributed by atoms with Crippen LogP contribution < -0.4 is 4.74 Å². The Morgan fingerprint density at radius 2 is 1.77 bits per heavy atom. The molecule has 0 aliphatic rings. The van der Waals surface area contributed by atoms with Crippen LogP contribution in [-0.4, -0.2) is 23.8 Å². The van der Waals surface area contributed by atoms with E-state index in [2.05, 4.69) is 0 Å². The highest BCUT2D eigenvalue weighted by atomic mass is 16.5. The zero-order valence-electron chi connectivity index (χ0n) is 14.6. The van der Waals surface area contributed by atoms with Crippen LogP contribution in [0.1, 0.15) is 28.8 Å². The number of benzene rings is 3. The molecule has 0 saturated heterocycles. The van der Waals surface area contributed by atoms with Crippen molar-refractivity contribution in [2.24, 2.45) is 0 Å². The average molecular weight is 348 g/mol. The maximum absolute atomic E-state index is 12.6. The molecule has 4 nitrogen and oxygen atoms in total. The molecule has 0 atom stereocenters. The van der Waals surface area contributed by atoms with E-state index in [9.17, 15) is 14.7 Å². The Labute approximate surface area is 152 Å². The van der Waals surface area contributed by atoms with Crippen molar-refractivity contribution in [3.8, 4) is 11.5 Å². The smallest absolute Gasteiger partial charge is 0.170 e. The number of phenols is 1. The highest BCUT2D eigenvalue weighted by molar-refractivity contribution is 6.14. The van der Waals surface area contributed by atoms with Gasteiger partial charge in [0.25, 0.3) is 0 Å². The Morgan fingerprint density at radius 3 is 2.58 bits per heavy atom. The first-order valence-corrected chi connectivity index (χ1v) is 8.47. The van der Waals surface area contributed by atoms with Crippen LogP contribution in [0.15, 0.2) is 60.7 Å². The molecule has 132 valence electrons. The summed E-state index contributed by atoms with van der Waals surface area (Å²) in [6.07, 6.45) is 0.659. The van der Waals surface area contributed by atoms with E-state index in [1.807, 2.05) is 36.4 Å². The molecule has 0 unspecified atom stereocenters. The van der Waals surface area contributed by atoms with Crippen molar-refractivity contribution in [3.05, 3.63) is 71.8 Å². The van der Waals surface area contributed by atoms with E-state index in [4.69, 9.17) is 4.74 Å². The molecule has 4 heteroatoms. The van der Waals surface area contributed by atoms with Gasteiger partial charge in [0.2, 0.25) is 0 Å². The fraction of sp³-hybridized carbons (Fsp3) is 0.182. The molecule has 0 aliphatic carbocycles. The minimum atomic E-state index is -0.157. The molecule has 0 bridgehead atoms. The summed E-state index contributed by atoms with van der Waals surface area (Å²) in [7, 11) is 1.48. The standard InChI is InChI=1S/C22H20O4/c1-26-22-13-15(10-12-20(22)24)9-11-17(23)14-21(25)19-8-4-6-16-5-2-3-7-18(16)19/h2-8,10,12-13,24H,9,11,14H2,1H3. The fourth-order valence-corrected chi connectivity index (χ4v) is 2.99. The first-order chi connectivity index (χ1) is 12.6. The molecular formula is C22H20O4. The van der Waals surface area contributed by atoms with Gasteiger partial charge in [0, 0.05) is 12.0 Å². The summed E-state index contributed by atoms with van der Waals surface area (Å²) < 4.78 is 5.07. The lowest BCUT2D eigenvalue weighted by Gasteiger charge is -2.07. The largest absolute Gasteiger partial charge is 0.504 e. The van der Waals surface area contributed by atoms with Crippen molar-refractivity contribution in [1.29, 1.82) is 0 Å². The number of hydrogen-bond acceptors (Lipinski definition) is 4. The van der Waals surface area contributed by atoms with Crippen LogP contribution in [0.2, 0.25) is 0 Å². The zero-order chi connectivity index (χ0) is 18.5. The molecule has 0 fully saturated rings. The second-order valence-corrected chi connectivity index (χ2v) is 6.17. The minimum absolute atomic E-state index is 0.0636. The molecule has 26 heavy (non-hydrogen) atoms. The van der Waals surface area contributed by atoms with E-state index in [1.54, 1.807) is 24.3 Å². The number of fused-ring (bicyclic) bond motifs is 1. The topological polar surface area (TPSA) is 63.6 Å². The summed E-state index contributed by atoms with van der Waals surface area (Å²) in [5.41, 5.74) is 1.47. The van der Waals surface area contributed by atoms with E-state index in [0.717, 1.165) is 16.3 Å². The van der Waals surface area contributed by atoms with Crippen LogP contribution in [0.3, 0.4) is 0 Å². The van der Waals surface area contributed by atoms with Gasteiger partial charge in [0.15, 0.2) is 17.3 Å². The van der Waals surface area contributed by atoms with Gasteiger partial charge in [-0.15, -0.1) is 0 Å². The van der Waals surface area contributed by atoms with Gasteiger partial charge in [0.05, 0.1) is 13.5 Å². The van der Waals surface area contributed by atoms with E-state index >= 15 is 0 Å². The Hall–Kier alpha value is -3.14. The number of aryl methyl sites for hydroxylation is 1. The van der Waals surface area contributed by atoms with Gasteiger partial charge in [-0.3, -0.25) is 9.59 Å². The molecule has 0 radical (unpaired) electrons. The predicted octanol–water partition coefficient (Wildman–Crippen LogP) is 4.33. The Balaban J connectivity index is 1.65. The highest BCUT2D eigenvalue weighted by Gasteiger charge is 2.14. The van der Waals surface area contributed by atoms with E-state index < -0.39 is 0 Å². The maximum Gasteiger partial charge on any atom is 0.170 e. The number of aromatic hydroxyl groups is 1. The van der Waals surface area contributed by atoms with Crippen molar-refractivity contribution in [3.63, 3.8) is 0 Å². The van der Waals surface area contributed by atoms with E-state index in [-0.39, 0.29) is 30.2 Å². The summed E-state index contributed by atoms with van der Waals surface area (Å²) >= 11 is 0. The molecule has 3 aromatic rings. The second-order valence-electron chi connectivity index (χ2n) is 6.17. The molecular weight excluding hydrogens is 328 g/mol. The van der Waals surface area contributed by atoms with Crippen LogP contribution >= 0.6 is 0 Å². The molecule has 3 aromatic carbocycles. The Morgan fingerprint density at radius 1 is 1.00 bits per heavy atom. The number of hydrogen-bond donors (Lipinski definition) is 1. The highest BCUT2D eigenvalue weighted by Crippen LogP contribution is 2.27. The third-order valence-electron chi connectivity index (χ3n) is 4.38. The van der Waals surface area contributed by atoms with Crippen molar-refractivity contribution >= 4 is 22.3 Å². The van der Waals surface area contributed by atoms with Crippen molar-refractivity contribution in [2.75, 3.05) is 7.11 Å². The normalized spacial score (nSPS) is 10.7. The number of methoxy groups -OCH3 is 1. The Kier molecular flexibility index (Phi) is 5.32. The van der Waals surface area contributed by atoms with Crippen LogP contribution in [0, 0.1) is 0 Å². The van der Waals surface area contributed by atoms with Gasteiger partial charge < -0.3 is 9.84 Å². The van der Waals surface area contributed by atoms with Crippen LogP contribution in [0.5, 0.6) is 11.5 Å². The van der Waals surface area contributed by atoms with E-state index in [1.165, 1.54) is 7.11 Å². The van der Waals surface area contributed by atoms with Crippen molar-refractivity contribution in [1.82, 2.24) is 0 Å². The molecule has 0 amide bonds. The minimum Gasteiger partial charge on any atom is -0.504 e. The predicted molar refractivity (Wildman–Crippen MR) is 101 cm³/mol. The number of phenolic OH excluding ortho intramolecular Hbond substituents is 1. The number of ether oxygens (including phenoxy) is 1. The van der Waals surface area contributed by atoms with Crippen LogP contribution in [-0.2, 0) is 11.2 Å². The van der Waals surface area contributed by atoms with Gasteiger partial charge in [-0.25, -0.2) is 0 Å². The van der Waals surface area contributed by atoms with Crippen LogP contribution in [0.4, 0.5) is 0 Å². The molecule has 0 spiro atoms. The summed E-state index contributed by atoms with van der Waals surface area (Å²) in [6, 6.07) is 18.2. The van der Waals surface area contributed by atoms with Crippen LogP contribution in [0.25, 0.3) is 10.8 Å². The summed E-state index contributed by atoms with van der Waals surface area (Å²) in [6.45, 7) is 0. The summed E-state index contributed by atoms with van der Waals surface area (Å²) in [4.78, 5) is 24.8. The van der Waals surface area contributed by atoms with Gasteiger partial charge >= 0.3 is 0 Å². The third-order valence-corrected chi connectivity index (χ3v) is 4.38. The number of carbonyl (C=O) groups is 2. The second kappa shape index (κ2) is 7.83. The van der Waals surface area contributed by atoms with E-state index in [0.29, 0.717) is 17.7 Å². The summed E-state index contributed by atoms with van der Waals surface area (Å²) in [5, 5.41) is 11.5. The molecule has 0 saturated carbocycles. The molecule has 3 rings (SSSR count). The van der Waals surface area contributed by atoms with Crippen molar-refractivity contribution < 1.29 is 19.4 Å². The zero-order valence-corrected chi connectivity index (χ0v) is 14.6. The molecule has 1 N–H and O–H groups in total. The lowest BCUT2D eigenvalue weighted by Crippen LogP contribution is -2.09. The van der Waals surface area contributed by atoms with Gasteiger partial charge in [-0.1, -0.05) is 48.5 Å². The average Bonchev–Trinajstić information content (AvgIpc) is 2.66. The van der Waals surface area contributed by atoms with Gasteiger partial charge in [0.1, 0.15) is 5.78 Å². The van der Waals surface area contributed by atoms with Gasteiger partial charge in [-0.05, 0) is 34.9 Å². The number of ketones is 2. The number of Topliss-reactive ketones (excluding diaryl/α,β-unsaturated/α-hetero) is 2. The fourth-order valence-electron chi connectivity index (χ4n) is 2.99. The third kappa shape index (κ3) is 3.91. The molecule has 0 aromatic heterocycles. The van der Waals surface area contributed by atoms with Crippen molar-refractivity contribution in [2.45, 2.75) is 19.3 Å². The monoisotopic (exact) mass is 348 g/mol. The molecule has 0 heterocycles.